The van der Waals surface area contributed by atoms with Gasteiger partial charge in [-0.2, -0.15) is 4.98 Å². The summed E-state index contributed by atoms with van der Waals surface area (Å²) in [5, 5.41) is 7.15. The first kappa shape index (κ1) is 17.0. The van der Waals surface area contributed by atoms with E-state index >= 15 is 0 Å². The topological polar surface area (TPSA) is 77.2 Å². The Hall–Kier alpha value is -2.86. The highest BCUT2D eigenvalue weighted by molar-refractivity contribution is 6.30. The van der Waals surface area contributed by atoms with Crippen molar-refractivity contribution in [3.05, 3.63) is 65.5 Å². The number of nitrogens with one attached hydrogen (secondary N) is 1. The summed E-state index contributed by atoms with van der Waals surface area (Å²) in [6, 6.07) is 16.3. The molecule has 0 saturated carbocycles. The number of benzene rings is 2. The normalized spacial score (nSPS) is 11.8. The van der Waals surface area contributed by atoms with Crippen molar-refractivity contribution in [2.24, 2.45) is 0 Å². The molecule has 3 aromatic rings. The molecular weight excluding hydrogens is 342 g/mol. The van der Waals surface area contributed by atoms with E-state index in [9.17, 15) is 4.79 Å². The summed E-state index contributed by atoms with van der Waals surface area (Å²) in [6.07, 6.45) is -0.685. The molecule has 0 fully saturated rings. The lowest BCUT2D eigenvalue weighted by molar-refractivity contribution is -0.127. The second kappa shape index (κ2) is 7.81. The van der Waals surface area contributed by atoms with Gasteiger partial charge in [0, 0.05) is 10.6 Å². The maximum absolute atomic E-state index is 12.1. The average molecular weight is 358 g/mol. The summed E-state index contributed by atoms with van der Waals surface area (Å²) in [6.45, 7) is 1.78. The molecular formula is C18H16ClN3O3. The van der Waals surface area contributed by atoms with Crippen LogP contribution in [0, 0.1) is 0 Å². The van der Waals surface area contributed by atoms with Crippen LogP contribution in [-0.4, -0.2) is 22.2 Å². The summed E-state index contributed by atoms with van der Waals surface area (Å²) >= 11 is 5.89. The van der Waals surface area contributed by atoms with Crippen molar-refractivity contribution in [1.29, 1.82) is 0 Å². The third-order valence-corrected chi connectivity index (χ3v) is 3.63. The van der Waals surface area contributed by atoms with Crippen LogP contribution in [0.1, 0.15) is 12.8 Å². The third kappa shape index (κ3) is 4.58. The number of ether oxygens (including phenoxy) is 1. The smallest absolute Gasteiger partial charge is 0.261 e. The predicted octanol–water partition coefficient (Wildman–Crippen LogP) is 3.47. The van der Waals surface area contributed by atoms with Crippen LogP contribution < -0.4 is 10.1 Å². The summed E-state index contributed by atoms with van der Waals surface area (Å²) in [4.78, 5) is 16.4. The fourth-order valence-corrected chi connectivity index (χ4v) is 2.32. The van der Waals surface area contributed by atoms with Gasteiger partial charge in [0.1, 0.15) is 5.75 Å². The van der Waals surface area contributed by atoms with E-state index < -0.39 is 6.10 Å². The SMILES string of the molecule is CC(Oc1cccc(Cl)c1)C(=O)NCc1nc(-c2ccccc2)no1. The fraction of sp³-hybridized carbons (Fsp3) is 0.167. The van der Waals surface area contributed by atoms with Gasteiger partial charge in [0.25, 0.3) is 5.91 Å². The lowest BCUT2D eigenvalue weighted by Gasteiger charge is -2.14. The van der Waals surface area contributed by atoms with Gasteiger partial charge in [-0.05, 0) is 25.1 Å². The zero-order valence-corrected chi connectivity index (χ0v) is 14.2. The Kier molecular flexibility index (Phi) is 5.30. The van der Waals surface area contributed by atoms with Crippen molar-refractivity contribution in [2.75, 3.05) is 0 Å². The molecule has 1 unspecified atom stereocenters. The second-order valence-electron chi connectivity index (χ2n) is 5.31. The van der Waals surface area contributed by atoms with E-state index in [1.54, 1.807) is 31.2 Å². The first-order chi connectivity index (χ1) is 12.1. The van der Waals surface area contributed by atoms with Crippen LogP contribution in [0.4, 0.5) is 0 Å². The molecule has 6 nitrogen and oxygen atoms in total. The number of aromatic nitrogens is 2. The van der Waals surface area contributed by atoms with Gasteiger partial charge in [-0.1, -0.05) is 53.2 Å². The van der Waals surface area contributed by atoms with Crippen LogP contribution in [0.2, 0.25) is 5.02 Å². The molecule has 128 valence electrons. The molecule has 0 bridgehead atoms. The Labute approximate surface area is 149 Å². The first-order valence-corrected chi connectivity index (χ1v) is 8.07. The number of carbonyl (C=O) groups excluding carboxylic acids is 1. The van der Waals surface area contributed by atoms with Crippen LogP contribution >= 0.6 is 11.6 Å². The van der Waals surface area contributed by atoms with Gasteiger partial charge in [0.15, 0.2) is 6.10 Å². The fourth-order valence-electron chi connectivity index (χ4n) is 2.14. The zero-order chi connectivity index (χ0) is 17.6. The van der Waals surface area contributed by atoms with Gasteiger partial charge in [-0.15, -0.1) is 0 Å². The summed E-state index contributed by atoms with van der Waals surface area (Å²) in [7, 11) is 0. The molecule has 0 spiro atoms. The number of rotatable bonds is 6. The minimum Gasteiger partial charge on any atom is -0.481 e. The Morgan fingerprint density at radius 2 is 2.04 bits per heavy atom. The van der Waals surface area contributed by atoms with E-state index in [4.69, 9.17) is 20.9 Å². The predicted molar refractivity (Wildman–Crippen MR) is 93.1 cm³/mol. The van der Waals surface area contributed by atoms with Gasteiger partial charge in [0.05, 0.1) is 6.54 Å². The molecule has 1 N–H and O–H groups in total. The van der Waals surface area contributed by atoms with Crippen molar-refractivity contribution in [3.8, 4) is 17.1 Å². The minimum atomic E-state index is -0.685. The van der Waals surface area contributed by atoms with Crippen LogP contribution in [0.25, 0.3) is 11.4 Å². The molecule has 0 aliphatic rings. The molecule has 1 amide bonds. The summed E-state index contributed by atoms with van der Waals surface area (Å²) in [5.41, 5.74) is 0.849. The zero-order valence-electron chi connectivity index (χ0n) is 13.5. The monoisotopic (exact) mass is 357 g/mol. The molecule has 0 aliphatic carbocycles. The molecule has 25 heavy (non-hydrogen) atoms. The maximum atomic E-state index is 12.1. The van der Waals surface area contributed by atoms with Crippen LogP contribution in [0.5, 0.6) is 5.75 Å². The number of carbonyl (C=O) groups is 1. The highest BCUT2D eigenvalue weighted by atomic mass is 35.5. The third-order valence-electron chi connectivity index (χ3n) is 3.39. The van der Waals surface area contributed by atoms with Gasteiger partial charge in [-0.3, -0.25) is 4.79 Å². The Morgan fingerprint density at radius 3 is 2.80 bits per heavy atom. The average Bonchev–Trinajstić information content (AvgIpc) is 3.09. The first-order valence-electron chi connectivity index (χ1n) is 7.70. The van der Waals surface area contributed by atoms with Crippen molar-refractivity contribution in [2.45, 2.75) is 19.6 Å². The molecule has 1 heterocycles. The second-order valence-corrected chi connectivity index (χ2v) is 5.75. The molecule has 7 heteroatoms. The Bertz CT molecular complexity index is 852. The summed E-state index contributed by atoms with van der Waals surface area (Å²) in [5.74, 6) is 1.04. The van der Waals surface area contributed by atoms with Gasteiger partial charge in [0.2, 0.25) is 11.7 Å². The largest absolute Gasteiger partial charge is 0.481 e. The molecule has 0 saturated heterocycles. The van der Waals surface area contributed by atoms with Crippen LogP contribution in [0.3, 0.4) is 0 Å². The molecule has 0 aliphatic heterocycles. The lowest BCUT2D eigenvalue weighted by atomic mass is 10.2. The molecule has 3 rings (SSSR count). The highest BCUT2D eigenvalue weighted by Gasteiger charge is 2.16. The summed E-state index contributed by atoms with van der Waals surface area (Å²) < 4.78 is 10.7. The van der Waals surface area contributed by atoms with Gasteiger partial charge >= 0.3 is 0 Å². The van der Waals surface area contributed by atoms with Crippen LogP contribution in [-0.2, 0) is 11.3 Å². The highest BCUT2D eigenvalue weighted by Crippen LogP contribution is 2.18. The maximum Gasteiger partial charge on any atom is 0.261 e. The van der Waals surface area contributed by atoms with Crippen molar-refractivity contribution in [3.63, 3.8) is 0 Å². The quantitative estimate of drug-likeness (QED) is 0.730. The number of nitrogens with zero attached hydrogens (tertiary/aromatic N) is 2. The number of halogens is 1. The van der Waals surface area contributed by atoms with E-state index in [-0.39, 0.29) is 12.5 Å². The number of hydrogen-bond acceptors (Lipinski definition) is 5. The van der Waals surface area contributed by atoms with E-state index in [2.05, 4.69) is 15.5 Å². The van der Waals surface area contributed by atoms with Gasteiger partial charge in [-0.25, -0.2) is 0 Å². The Morgan fingerprint density at radius 1 is 1.24 bits per heavy atom. The van der Waals surface area contributed by atoms with E-state index in [1.807, 2.05) is 30.3 Å². The van der Waals surface area contributed by atoms with E-state index in [0.717, 1.165) is 5.56 Å². The van der Waals surface area contributed by atoms with Crippen molar-refractivity contribution in [1.82, 2.24) is 15.5 Å². The lowest BCUT2D eigenvalue weighted by Crippen LogP contribution is -2.35. The standard InChI is InChI=1S/C18H16ClN3O3/c1-12(24-15-9-5-8-14(19)10-15)18(23)20-11-16-21-17(22-25-16)13-6-3-2-4-7-13/h2-10,12H,11H2,1H3,(H,20,23). The molecule has 0 radical (unpaired) electrons. The van der Waals surface area contributed by atoms with Crippen molar-refractivity contribution < 1.29 is 14.1 Å². The molecule has 2 aromatic carbocycles. The van der Waals surface area contributed by atoms with E-state index in [1.165, 1.54) is 0 Å². The van der Waals surface area contributed by atoms with Gasteiger partial charge < -0.3 is 14.6 Å². The van der Waals surface area contributed by atoms with E-state index in [0.29, 0.717) is 22.5 Å². The number of amides is 1. The van der Waals surface area contributed by atoms with Crippen LogP contribution in [0.15, 0.2) is 59.1 Å². The Balaban J connectivity index is 1.54. The number of hydrogen-bond donors (Lipinski definition) is 1. The molecule has 1 aromatic heterocycles. The van der Waals surface area contributed by atoms with Crippen molar-refractivity contribution >= 4 is 17.5 Å². The minimum absolute atomic E-state index is 0.127. The molecule has 1 atom stereocenters.